The van der Waals surface area contributed by atoms with Gasteiger partial charge >= 0.3 is 5.97 Å². The van der Waals surface area contributed by atoms with Crippen molar-refractivity contribution in [2.45, 2.75) is 20.5 Å². The van der Waals surface area contributed by atoms with E-state index in [0.717, 1.165) is 11.3 Å². The molecule has 104 valence electrons. The summed E-state index contributed by atoms with van der Waals surface area (Å²) in [5, 5.41) is 3.51. The fourth-order valence-corrected chi connectivity index (χ4v) is 1.40. The van der Waals surface area contributed by atoms with Crippen LogP contribution in [-0.2, 0) is 20.9 Å². The van der Waals surface area contributed by atoms with Crippen molar-refractivity contribution < 1.29 is 14.3 Å². The van der Waals surface area contributed by atoms with Gasteiger partial charge in [-0.05, 0) is 31.5 Å². The van der Waals surface area contributed by atoms with E-state index in [1.807, 2.05) is 31.2 Å². The van der Waals surface area contributed by atoms with Gasteiger partial charge in [0, 0.05) is 6.61 Å². The largest absolute Gasteiger partial charge is 0.461 e. The van der Waals surface area contributed by atoms with E-state index in [-0.39, 0.29) is 11.8 Å². The molecule has 0 radical (unpaired) electrons. The molecule has 19 heavy (non-hydrogen) atoms. The Labute approximate surface area is 117 Å². The highest BCUT2D eigenvalue weighted by Gasteiger charge is 2.08. The van der Waals surface area contributed by atoms with Crippen LogP contribution in [0, 0.1) is 0 Å². The van der Waals surface area contributed by atoms with E-state index in [0.29, 0.717) is 13.2 Å². The molecular weight excluding hydrogens is 268 g/mol. The molecule has 0 fully saturated rings. The van der Waals surface area contributed by atoms with Gasteiger partial charge in [0.2, 0.25) is 5.17 Å². The van der Waals surface area contributed by atoms with Gasteiger partial charge in [0.25, 0.3) is 0 Å². The first-order chi connectivity index (χ1) is 9.17. The first kappa shape index (κ1) is 15.5. The van der Waals surface area contributed by atoms with Crippen molar-refractivity contribution in [3.63, 3.8) is 0 Å². The maximum absolute atomic E-state index is 11.2. The molecule has 5 nitrogen and oxygen atoms in total. The topological polar surface area (TPSA) is 59.9 Å². The first-order valence-electron chi connectivity index (χ1n) is 6.00. The van der Waals surface area contributed by atoms with E-state index in [4.69, 9.17) is 21.1 Å². The maximum Gasteiger partial charge on any atom is 0.370 e. The summed E-state index contributed by atoms with van der Waals surface area (Å²) in [7, 11) is 0. The molecule has 1 N–H and O–H groups in total. The summed E-state index contributed by atoms with van der Waals surface area (Å²) < 4.78 is 10.0. The smallest absolute Gasteiger partial charge is 0.370 e. The molecule has 1 rings (SSSR count). The molecule has 0 saturated heterocycles. The Balaban J connectivity index is 2.61. The molecule has 0 atom stereocenters. The lowest BCUT2D eigenvalue weighted by molar-refractivity contribution is -0.134. The number of ether oxygens (including phenoxy) is 2. The molecule has 0 amide bonds. The van der Waals surface area contributed by atoms with Gasteiger partial charge in [-0.25, -0.2) is 4.79 Å². The van der Waals surface area contributed by atoms with Crippen molar-refractivity contribution >= 4 is 28.4 Å². The van der Waals surface area contributed by atoms with Crippen LogP contribution < -0.4 is 5.43 Å². The lowest BCUT2D eigenvalue weighted by atomic mass is 10.2. The zero-order valence-electron chi connectivity index (χ0n) is 11.0. The molecule has 1 aromatic rings. The van der Waals surface area contributed by atoms with Crippen LogP contribution in [0.2, 0.25) is 0 Å². The molecule has 0 aromatic heterocycles. The summed E-state index contributed by atoms with van der Waals surface area (Å²) in [4.78, 5) is 11.2. The molecule has 6 heteroatoms. The van der Waals surface area contributed by atoms with Crippen molar-refractivity contribution in [3.8, 4) is 0 Å². The van der Waals surface area contributed by atoms with E-state index >= 15 is 0 Å². The fraction of sp³-hybridized carbons (Fsp3) is 0.385. The number of carbonyl (C=O) groups excluding carboxylic acids is 1. The Bertz CT molecular complexity index is 449. The minimum absolute atomic E-state index is 0.239. The highest BCUT2D eigenvalue weighted by atomic mass is 35.5. The van der Waals surface area contributed by atoms with Crippen molar-refractivity contribution in [2.75, 3.05) is 18.6 Å². The predicted octanol–water partition coefficient (Wildman–Crippen LogP) is 2.75. The Morgan fingerprint density at radius 3 is 2.84 bits per heavy atom. The summed E-state index contributed by atoms with van der Waals surface area (Å²) in [6.45, 7) is 5.08. The molecule has 0 bridgehead atoms. The van der Waals surface area contributed by atoms with Gasteiger partial charge in [-0.3, -0.25) is 5.43 Å². The third kappa shape index (κ3) is 5.72. The zero-order chi connectivity index (χ0) is 14.1. The van der Waals surface area contributed by atoms with Crippen LogP contribution in [0.5, 0.6) is 0 Å². The van der Waals surface area contributed by atoms with E-state index in [2.05, 4.69) is 10.5 Å². The lowest BCUT2D eigenvalue weighted by Gasteiger charge is -2.05. The van der Waals surface area contributed by atoms with Gasteiger partial charge in [0.05, 0.1) is 18.9 Å². The van der Waals surface area contributed by atoms with Crippen molar-refractivity contribution in [3.05, 3.63) is 29.8 Å². The molecule has 1 aromatic carbocycles. The number of hydrazone groups is 1. The second-order valence-corrected chi connectivity index (χ2v) is 3.93. The number of hydrogen-bond acceptors (Lipinski definition) is 5. The van der Waals surface area contributed by atoms with Crippen LogP contribution in [0.4, 0.5) is 5.69 Å². The number of nitrogens with one attached hydrogen (secondary N) is 1. The van der Waals surface area contributed by atoms with Crippen molar-refractivity contribution in [1.82, 2.24) is 0 Å². The van der Waals surface area contributed by atoms with Gasteiger partial charge in [-0.2, -0.15) is 5.10 Å². The molecule has 0 aliphatic carbocycles. The number of esters is 1. The van der Waals surface area contributed by atoms with E-state index in [9.17, 15) is 4.79 Å². The minimum Gasteiger partial charge on any atom is -0.461 e. The summed E-state index contributed by atoms with van der Waals surface area (Å²) in [6, 6.07) is 7.49. The SMILES string of the molecule is CCOCc1cccc(NN=C(Cl)C(=O)OCC)c1. The van der Waals surface area contributed by atoms with Crippen molar-refractivity contribution in [1.29, 1.82) is 0 Å². The normalized spacial score (nSPS) is 11.2. The molecule has 0 spiro atoms. The number of benzene rings is 1. The minimum atomic E-state index is -0.651. The summed E-state index contributed by atoms with van der Waals surface area (Å²) >= 11 is 5.67. The molecule has 0 unspecified atom stereocenters. The van der Waals surface area contributed by atoms with Gasteiger partial charge in [-0.1, -0.05) is 23.7 Å². The Hall–Kier alpha value is -1.59. The summed E-state index contributed by atoms with van der Waals surface area (Å²) in [5.74, 6) is -0.651. The van der Waals surface area contributed by atoms with E-state index < -0.39 is 5.97 Å². The number of anilines is 1. The second kappa shape index (κ2) is 8.50. The van der Waals surface area contributed by atoms with Crippen LogP contribution in [-0.4, -0.2) is 24.4 Å². The number of halogens is 1. The molecular formula is C13H17ClN2O3. The molecule has 0 aliphatic rings. The number of carbonyl (C=O) groups is 1. The first-order valence-corrected chi connectivity index (χ1v) is 6.38. The lowest BCUT2D eigenvalue weighted by Crippen LogP contribution is -2.13. The van der Waals surface area contributed by atoms with Crippen LogP contribution in [0.15, 0.2) is 29.4 Å². The third-order valence-electron chi connectivity index (χ3n) is 2.13. The van der Waals surface area contributed by atoms with Gasteiger partial charge in [0.1, 0.15) is 0 Å². The highest BCUT2D eigenvalue weighted by molar-refractivity contribution is 6.82. The third-order valence-corrected chi connectivity index (χ3v) is 2.37. The van der Waals surface area contributed by atoms with E-state index in [1.165, 1.54) is 0 Å². The Morgan fingerprint density at radius 2 is 2.16 bits per heavy atom. The average Bonchev–Trinajstić information content (AvgIpc) is 2.43. The number of hydrogen-bond donors (Lipinski definition) is 1. The number of nitrogens with zero attached hydrogens (tertiary/aromatic N) is 1. The van der Waals surface area contributed by atoms with Gasteiger partial charge in [0.15, 0.2) is 0 Å². The highest BCUT2D eigenvalue weighted by Crippen LogP contribution is 2.11. The predicted molar refractivity (Wildman–Crippen MR) is 75.3 cm³/mol. The maximum atomic E-state index is 11.2. The summed E-state index contributed by atoms with van der Waals surface area (Å²) in [5.41, 5.74) is 4.43. The van der Waals surface area contributed by atoms with Gasteiger partial charge in [-0.15, -0.1) is 0 Å². The Kier molecular flexibility index (Phi) is 6.92. The van der Waals surface area contributed by atoms with Crippen molar-refractivity contribution in [2.24, 2.45) is 5.10 Å². The standard InChI is InChI=1S/C13H17ClN2O3/c1-3-18-9-10-6-5-7-11(8-10)15-16-12(14)13(17)19-4-2/h5-8,15H,3-4,9H2,1-2H3. The van der Waals surface area contributed by atoms with Crippen LogP contribution >= 0.6 is 11.6 Å². The van der Waals surface area contributed by atoms with Crippen LogP contribution in [0.1, 0.15) is 19.4 Å². The number of rotatable bonds is 7. The van der Waals surface area contributed by atoms with Crippen LogP contribution in [0.25, 0.3) is 0 Å². The zero-order valence-corrected chi connectivity index (χ0v) is 11.7. The molecule has 0 aliphatic heterocycles. The Morgan fingerprint density at radius 1 is 1.37 bits per heavy atom. The second-order valence-electron chi connectivity index (χ2n) is 3.57. The average molecular weight is 285 g/mol. The van der Waals surface area contributed by atoms with Crippen LogP contribution in [0.3, 0.4) is 0 Å². The quantitative estimate of drug-likeness (QED) is 0.475. The fourth-order valence-electron chi connectivity index (χ4n) is 1.30. The molecule has 0 heterocycles. The van der Waals surface area contributed by atoms with Gasteiger partial charge < -0.3 is 9.47 Å². The summed E-state index contributed by atoms with van der Waals surface area (Å²) in [6.07, 6.45) is 0. The monoisotopic (exact) mass is 284 g/mol. The van der Waals surface area contributed by atoms with E-state index in [1.54, 1.807) is 6.92 Å². The molecule has 0 saturated carbocycles.